The molecule has 1 N–H and O–H groups in total. The largest absolute Gasteiger partial charge is 0.476 e. The molecule has 23 heavy (non-hydrogen) atoms. The second-order valence-electron chi connectivity index (χ2n) is 5.47. The predicted octanol–water partition coefficient (Wildman–Crippen LogP) is 3.10. The van der Waals surface area contributed by atoms with Crippen molar-refractivity contribution in [1.29, 1.82) is 5.26 Å². The number of carbonyl (C=O) groups excluding carboxylic acids is 1. The van der Waals surface area contributed by atoms with Crippen LogP contribution in [0.4, 0.5) is 4.39 Å². The summed E-state index contributed by atoms with van der Waals surface area (Å²) in [6, 6.07) is 14.4. The van der Waals surface area contributed by atoms with Crippen molar-refractivity contribution in [2.75, 3.05) is 0 Å². The van der Waals surface area contributed by atoms with E-state index in [1.165, 1.54) is 24.3 Å². The van der Waals surface area contributed by atoms with Crippen molar-refractivity contribution in [3.63, 3.8) is 0 Å². The maximum Gasteiger partial charge on any atom is 0.266 e. The molecular formula is C18H15FN2O2. The Kier molecular flexibility index (Phi) is 4.24. The van der Waals surface area contributed by atoms with E-state index in [4.69, 9.17) is 10.00 Å². The molecular weight excluding hydrogens is 295 g/mol. The van der Waals surface area contributed by atoms with Crippen LogP contribution in [0, 0.1) is 17.1 Å². The third-order valence-electron chi connectivity index (χ3n) is 3.57. The van der Waals surface area contributed by atoms with Gasteiger partial charge in [0.15, 0.2) is 0 Å². The summed E-state index contributed by atoms with van der Waals surface area (Å²) < 4.78 is 18.9. The quantitative estimate of drug-likeness (QED) is 0.923. The SMILES string of the molecule is N#Cc1ccc(O[C@H](C(=O)NC2CC2)c2ccc(F)cc2)cc1. The van der Waals surface area contributed by atoms with Crippen LogP contribution in [0.25, 0.3) is 0 Å². The minimum Gasteiger partial charge on any atom is -0.476 e. The molecule has 0 unspecified atom stereocenters. The summed E-state index contributed by atoms with van der Waals surface area (Å²) in [7, 11) is 0. The molecule has 0 bridgehead atoms. The number of ether oxygens (including phenoxy) is 1. The van der Waals surface area contributed by atoms with E-state index in [9.17, 15) is 9.18 Å². The molecule has 0 heterocycles. The molecule has 1 amide bonds. The number of nitriles is 1. The highest BCUT2D eigenvalue weighted by Gasteiger charge is 2.29. The zero-order valence-corrected chi connectivity index (χ0v) is 12.3. The average Bonchev–Trinajstić information content (AvgIpc) is 3.38. The highest BCUT2D eigenvalue weighted by Crippen LogP contribution is 2.25. The van der Waals surface area contributed by atoms with E-state index in [0.29, 0.717) is 16.9 Å². The Labute approximate surface area is 133 Å². The molecule has 0 saturated heterocycles. The van der Waals surface area contributed by atoms with Gasteiger partial charge >= 0.3 is 0 Å². The summed E-state index contributed by atoms with van der Waals surface area (Å²) in [6.07, 6.45) is 1.08. The van der Waals surface area contributed by atoms with E-state index in [1.807, 2.05) is 6.07 Å². The second kappa shape index (κ2) is 6.49. The number of halogens is 1. The molecule has 3 rings (SSSR count). The lowest BCUT2D eigenvalue weighted by atomic mass is 10.1. The van der Waals surface area contributed by atoms with E-state index in [2.05, 4.69) is 5.32 Å². The van der Waals surface area contributed by atoms with Gasteiger partial charge in [-0.15, -0.1) is 0 Å². The third kappa shape index (κ3) is 3.86. The fraction of sp³-hybridized carbons (Fsp3) is 0.222. The van der Waals surface area contributed by atoms with Gasteiger partial charge in [-0.25, -0.2) is 4.39 Å². The van der Waals surface area contributed by atoms with Crippen molar-refractivity contribution in [3.05, 3.63) is 65.5 Å². The zero-order chi connectivity index (χ0) is 16.2. The molecule has 2 aromatic carbocycles. The maximum absolute atomic E-state index is 13.1. The van der Waals surface area contributed by atoms with Gasteiger partial charge < -0.3 is 10.1 Å². The van der Waals surface area contributed by atoms with Crippen molar-refractivity contribution in [1.82, 2.24) is 5.32 Å². The molecule has 1 saturated carbocycles. The van der Waals surface area contributed by atoms with Crippen LogP contribution >= 0.6 is 0 Å². The molecule has 4 nitrogen and oxygen atoms in total. The van der Waals surface area contributed by atoms with Crippen molar-refractivity contribution in [3.8, 4) is 11.8 Å². The number of nitrogens with zero attached hydrogens (tertiary/aromatic N) is 1. The first-order chi connectivity index (χ1) is 11.2. The second-order valence-corrected chi connectivity index (χ2v) is 5.47. The van der Waals surface area contributed by atoms with Crippen molar-refractivity contribution in [2.24, 2.45) is 0 Å². The monoisotopic (exact) mass is 310 g/mol. The molecule has 0 aromatic heterocycles. The van der Waals surface area contributed by atoms with Gasteiger partial charge in [0.2, 0.25) is 6.10 Å². The Morgan fingerprint density at radius 1 is 1.17 bits per heavy atom. The van der Waals surface area contributed by atoms with Crippen molar-refractivity contribution >= 4 is 5.91 Å². The summed E-state index contributed by atoms with van der Waals surface area (Å²) in [4.78, 5) is 12.4. The molecule has 116 valence electrons. The summed E-state index contributed by atoms with van der Waals surface area (Å²) in [5.41, 5.74) is 1.09. The fourth-order valence-electron chi connectivity index (χ4n) is 2.16. The number of rotatable bonds is 5. The van der Waals surface area contributed by atoms with Gasteiger partial charge in [-0.1, -0.05) is 12.1 Å². The Morgan fingerprint density at radius 3 is 2.39 bits per heavy atom. The van der Waals surface area contributed by atoms with Crippen molar-refractivity contribution in [2.45, 2.75) is 25.0 Å². The standard InChI is InChI=1S/C18H15FN2O2/c19-14-5-3-13(4-6-14)17(18(22)21-15-7-8-15)23-16-9-1-12(11-20)2-10-16/h1-6,9-10,15,17H,7-8H2,(H,21,22)/t17-/m0/s1. The van der Waals surface area contributed by atoms with Crippen LogP contribution in [0.15, 0.2) is 48.5 Å². The average molecular weight is 310 g/mol. The van der Waals surface area contributed by atoms with Gasteiger partial charge in [-0.2, -0.15) is 5.26 Å². The summed E-state index contributed by atoms with van der Waals surface area (Å²) >= 11 is 0. The van der Waals surface area contributed by atoms with E-state index >= 15 is 0 Å². The highest BCUT2D eigenvalue weighted by molar-refractivity contribution is 5.83. The minimum absolute atomic E-state index is 0.204. The molecule has 1 fully saturated rings. The van der Waals surface area contributed by atoms with Gasteiger partial charge in [0, 0.05) is 11.6 Å². The Morgan fingerprint density at radius 2 is 1.83 bits per heavy atom. The molecule has 2 aromatic rings. The molecule has 1 aliphatic carbocycles. The maximum atomic E-state index is 13.1. The van der Waals surface area contributed by atoms with Gasteiger partial charge in [-0.3, -0.25) is 4.79 Å². The lowest BCUT2D eigenvalue weighted by Crippen LogP contribution is -2.33. The number of amides is 1. The van der Waals surface area contributed by atoms with E-state index in [0.717, 1.165) is 12.8 Å². The molecule has 0 radical (unpaired) electrons. The molecule has 1 aliphatic rings. The zero-order valence-electron chi connectivity index (χ0n) is 12.3. The predicted molar refractivity (Wildman–Crippen MR) is 82.1 cm³/mol. The van der Waals surface area contributed by atoms with Crippen LogP contribution in [-0.4, -0.2) is 11.9 Å². The Balaban J connectivity index is 1.82. The van der Waals surface area contributed by atoms with Gasteiger partial charge in [0.05, 0.1) is 11.6 Å². The first-order valence-electron chi connectivity index (χ1n) is 7.38. The smallest absolute Gasteiger partial charge is 0.266 e. The number of nitrogens with one attached hydrogen (secondary N) is 1. The minimum atomic E-state index is -0.857. The van der Waals surface area contributed by atoms with Gasteiger partial charge in [0.25, 0.3) is 5.91 Å². The molecule has 1 atom stereocenters. The van der Waals surface area contributed by atoms with Crippen LogP contribution in [0.3, 0.4) is 0 Å². The molecule has 5 heteroatoms. The summed E-state index contributed by atoms with van der Waals surface area (Å²) in [5, 5.41) is 11.7. The molecule has 0 spiro atoms. The van der Waals surface area contributed by atoms with Crippen LogP contribution in [-0.2, 0) is 4.79 Å². The van der Waals surface area contributed by atoms with Crippen LogP contribution < -0.4 is 10.1 Å². The van der Waals surface area contributed by atoms with E-state index in [1.54, 1.807) is 24.3 Å². The lowest BCUT2D eigenvalue weighted by molar-refractivity contribution is -0.128. The Hall–Kier alpha value is -2.87. The number of hydrogen-bond acceptors (Lipinski definition) is 3. The summed E-state index contributed by atoms with van der Waals surface area (Å²) in [6.45, 7) is 0. The van der Waals surface area contributed by atoms with Crippen LogP contribution in [0.1, 0.15) is 30.1 Å². The topological polar surface area (TPSA) is 62.1 Å². The van der Waals surface area contributed by atoms with Crippen LogP contribution in [0.5, 0.6) is 5.75 Å². The fourth-order valence-corrected chi connectivity index (χ4v) is 2.16. The number of benzene rings is 2. The van der Waals surface area contributed by atoms with Crippen LogP contribution in [0.2, 0.25) is 0 Å². The molecule has 0 aliphatic heterocycles. The number of hydrogen-bond donors (Lipinski definition) is 1. The first kappa shape index (κ1) is 15.0. The van der Waals surface area contributed by atoms with E-state index in [-0.39, 0.29) is 17.8 Å². The van der Waals surface area contributed by atoms with Gasteiger partial charge in [0.1, 0.15) is 11.6 Å². The first-order valence-corrected chi connectivity index (χ1v) is 7.38. The van der Waals surface area contributed by atoms with Gasteiger partial charge in [-0.05, 0) is 49.2 Å². The number of carbonyl (C=O) groups is 1. The lowest BCUT2D eigenvalue weighted by Gasteiger charge is -2.19. The summed E-state index contributed by atoms with van der Waals surface area (Å²) in [5.74, 6) is -0.138. The third-order valence-corrected chi connectivity index (χ3v) is 3.57. The Bertz CT molecular complexity index is 731. The van der Waals surface area contributed by atoms with E-state index < -0.39 is 6.10 Å². The normalized spacial score (nSPS) is 14.6. The van der Waals surface area contributed by atoms with Crippen molar-refractivity contribution < 1.29 is 13.9 Å². The highest BCUT2D eigenvalue weighted by atomic mass is 19.1.